The molecular formula is C9H13NO2. The molecule has 1 heterocycles. The summed E-state index contributed by atoms with van der Waals surface area (Å²) in [6, 6.07) is 0. The first kappa shape index (κ1) is 7.77. The highest BCUT2D eigenvalue weighted by Crippen LogP contribution is 2.42. The lowest BCUT2D eigenvalue weighted by Gasteiger charge is -2.46. The summed E-state index contributed by atoms with van der Waals surface area (Å²) in [5.41, 5.74) is -0.105. The molecule has 1 saturated heterocycles. The van der Waals surface area contributed by atoms with E-state index in [-0.39, 0.29) is 11.3 Å². The lowest BCUT2D eigenvalue weighted by atomic mass is 9.77. The Labute approximate surface area is 71.7 Å². The van der Waals surface area contributed by atoms with Crippen molar-refractivity contribution in [1.29, 1.82) is 0 Å². The van der Waals surface area contributed by atoms with Crippen LogP contribution in [0.1, 0.15) is 26.2 Å². The van der Waals surface area contributed by atoms with Gasteiger partial charge in [0.05, 0.1) is 5.41 Å². The SMILES string of the molecule is CC(=O)N1CC2(CCCC2=O)C1. The van der Waals surface area contributed by atoms with Gasteiger partial charge in [-0.1, -0.05) is 0 Å². The van der Waals surface area contributed by atoms with Gasteiger partial charge in [-0.15, -0.1) is 0 Å². The van der Waals surface area contributed by atoms with E-state index in [1.165, 1.54) is 0 Å². The number of likely N-dealkylation sites (tertiary alicyclic amines) is 1. The minimum atomic E-state index is -0.105. The quantitative estimate of drug-likeness (QED) is 0.529. The Bertz CT molecular complexity index is 241. The summed E-state index contributed by atoms with van der Waals surface area (Å²) in [6.07, 6.45) is 2.74. The van der Waals surface area contributed by atoms with E-state index < -0.39 is 0 Å². The van der Waals surface area contributed by atoms with Gasteiger partial charge in [-0.05, 0) is 12.8 Å². The molecule has 0 atom stereocenters. The van der Waals surface area contributed by atoms with Gasteiger partial charge in [0.15, 0.2) is 0 Å². The molecule has 0 aromatic heterocycles. The third-order valence-corrected chi connectivity index (χ3v) is 3.08. The standard InChI is InChI=1S/C9H13NO2/c1-7(11)10-5-9(6-10)4-2-3-8(9)12/h2-6H2,1H3. The Hall–Kier alpha value is -0.860. The molecule has 1 spiro atoms. The van der Waals surface area contributed by atoms with Gasteiger partial charge in [-0.3, -0.25) is 9.59 Å². The van der Waals surface area contributed by atoms with Crippen LogP contribution in [0.15, 0.2) is 0 Å². The summed E-state index contributed by atoms with van der Waals surface area (Å²) >= 11 is 0. The highest BCUT2D eigenvalue weighted by molar-refractivity contribution is 5.90. The van der Waals surface area contributed by atoms with Gasteiger partial charge in [0, 0.05) is 26.4 Å². The lowest BCUT2D eigenvalue weighted by molar-refractivity contribution is -0.148. The van der Waals surface area contributed by atoms with E-state index in [9.17, 15) is 9.59 Å². The number of carbonyl (C=O) groups is 2. The van der Waals surface area contributed by atoms with Crippen molar-refractivity contribution in [3.05, 3.63) is 0 Å². The van der Waals surface area contributed by atoms with Crippen LogP contribution < -0.4 is 0 Å². The van der Waals surface area contributed by atoms with Crippen molar-refractivity contribution in [2.45, 2.75) is 26.2 Å². The van der Waals surface area contributed by atoms with Gasteiger partial charge in [-0.2, -0.15) is 0 Å². The smallest absolute Gasteiger partial charge is 0.219 e. The third-order valence-electron chi connectivity index (χ3n) is 3.08. The summed E-state index contributed by atoms with van der Waals surface area (Å²) in [5, 5.41) is 0. The number of amides is 1. The Kier molecular flexibility index (Phi) is 1.50. The molecule has 2 rings (SSSR count). The molecule has 0 N–H and O–H groups in total. The van der Waals surface area contributed by atoms with E-state index in [1.54, 1.807) is 11.8 Å². The number of nitrogens with zero attached hydrogens (tertiary/aromatic N) is 1. The molecule has 1 aliphatic heterocycles. The second-order valence-electron chi connectivity index (χ2n) is 3.93. The van der Waals surface area contributed by atoms with Gasteiger partial charge >= 0.3 is 0 Å². The van der Waals surface area contributed by atoms with Crippen molar-refractivity contribution in [3.63, 3.8) is 0 Å². The van der Waals surface area contributed by atoms with E-state index in [1.807, 2.05) is 0 Å². The second-order valence-corrected chi connectivity index (χ2v) is 3.93. The largest absolute Gasteiger partial charge is 0.341 e. The topological polar surface area (TPSA) is 37.4 Å². The van der Waals surface area contributed by atoms with Gasteiger partial charge in [-0.25, -0.2) is 0 Å². The van der Waals surface area contributed by atoms with Gasteiger partial charge in [0.1, 0.15) is 5.78 Å². The average molecular weight is 167 g/mol. The number of rotatable bonds is 0. The van der Waals surface area contributed by atoms with E-state index in [0.29, 0.717) is 18.9 Å². The maximum atomic E-state index is 11.4. The molecule has 2 aliphatic rings. The van der Waals surface area contributed by atoms with Crippen molar-refractivity contribution >= 4 is 11.7 Å². The molecule has 2 fully saturated rings. The van der Waals surface area contributed by atoms with Gasteiger partial charge < -0.3 is 4.90 Å². The van der Waals surface area contributed by atoms with E-state index >= 15 is 0 Å². The lowest BCUT2D eigenvalue weighted by Crippen LogP contribution is -2.59. The molecule has 66 valence electrons. The van der Waals surface area contributed by atoms with Gasteiger partial charge in [0.2, 0.25) is 5.91 Å². The van der Waals surface area contributed by atoms with Crippen molar-refractivity contribution in [3.8, 4) is 0 Å². The summed E-state index contributed by atoms with van der Waals surface area (Å²) in [4.78, 5) is 24.0. The normalized spacial score (nSPS) is 26.1. The maximum absolute atomic E-state index is 11.4. The first-order valence-electron chi connectivity index (χ1n) is 4.43. The molecule has 3 nitrogen and oxygen atoms in total. The molecular weight excluding hydrogens is 154 g/mol. The van der Waals surface area contributed by atoms with Crippen LogP contribution in [0.5, 0.6) is 0 Å². The number of Topliss-reactive ketones (excluding diaryl/α,β-unsaturated/α-hetero) is 1. The summed E-state index contributed by atoms with van der Waals surface area (Å²) in [5.74, 6) is 0.473. The zero-order valence-corrected chi connectivity index (χ0v) is 7.30. The number of carbonyl (C=O) groups excluding carboxylic acids is 2. The number of hydrogen-bond donors (Lipinski definition) is 0. The number of ketones is 1. The molecule has 1 aliphatic carbocycles. The molecule has 12 heavy (non-hydrogen) atoms. The first-order chi connectivity index (χ1) is 5.64. The predicted octanol–water partition coefficient (Wildman–Crippen LogP) is 0.588. The van der Waals surface area contributed by atoms with E-state index in [4.69, 9.17) is 0 Å². The molecule has 0 bridgehead atoms. The summed E-state index contributed by atoms with van der Waals surface area (Å²) in [7, 11) is 0. The fraction of sp³-hybridized carbons (Fsp3) is 0.778. The Morgan fingerprint density at radius 1 is 1.50 bits per heavy atom. The Morgan fingerprint density at radius 2 is 2.17 bits per heavy atom. The minimum Gasteiger partial charge on any atom is -0.341 e. The molecule has 1 saturated carbocycles. The minimum absolute atomic E-state index is 0.0975. The summed E-state index contributed by atoms with van der Waals surface area (Å²) in [6.45, 7) is 2.93. The first-order valence-corrected chi connectivity index (χ1v) is 4.43. The van der Waals surface area contributed by atoms with Crippen LogP contribution in [0.3, 0.4) is 0 Å². The van der Waals surface area contributed by atoms with Crippen molar-refractivity contribution in [1.82, 2.24) is 4.90 Å². The highest BCUT2D eigenvalue weighted by Gasteiger charge is 2.51. The van der Waals surface area contributed by atoms with Crippen molar-refractivity contribution < 1.29 is 9.59 Å². The molecule has 0 aromatic rings. The van der Waals surface area contributed by atoms with E-state index in [2.05, 4.69) is 0 Å². The van der Waals surface area contributed by atoms with Crippen LogP contribution in [-0.4, -0.2) is 29.7 Å². The van der Waals surface area contributed by atoms with Crippen molar-refractivity contribution in [2.75, 3.05) is 13.1 Å². The summed E-state index contributed by atoms with van der Waals surface area (Å²) < 4.78 is 0. The maximum Gasteiger partial charge on any atom is 0.219 e. The van der Waals surface area contributed by atoms with Crippen LogP contribution in [0, 0.1) is 5.41 Å². The Morgan fingerprint density at radius 3 is 2.58 bits per heavy atom. The van der Waals surface area contributed by atoms with Crippen LogP contribution in [0.2, 0.25) is 0 Å². The molecule has 3 heteroatoms. The van der Waals surface area contributed by atoms with Crippen LogP contribution in [0.25, 0.3) is 0 Å². The van der Waals surface area contributed by atoms with E-state index in [0.717, 1.165) is 19.3 Å². The van der Waals surface area contributed by atoms with Crippen LogP contribution in [-0.2, 0) is 9.59 Å². The molecule has 1 amide bonds. The Balaban J connectivity index is 2.02. The molecule has 0 radical (unpaired) electrons. The number of hydrogen-bond acceptors (Lipinski definition) is 2. The van der Waals surface area contributed by atoms with Crippen LogP contribution >= 0.6 is 0 Å². The molecule has 0 aromatic carbocycles. The van der Waals surface area contributed by atoms with Gasteiger partial charge in [0.25, 0.3) is 0 Å². The second kappa shape index (κ2) is 2.31. The monoisotopic (exact) mass is 167 g/mol. The fourth-order valence-electron chi connectivity index (χ4n) is 2.23. The van der Waals surface area contributed by atoms with Crippen molar-refractivity contribution in [2.24, 2.45) is 5.41 Å². The fourth-order valence-corrected chi connectivity index (χ4v) is 2.23. The average Bonchev–Trinajstić information content (AvgIpc) is 2.26. The zero-order valence-electron chi connectivity index (χ0n) is 7.30. The third kappa shape index (κ3) is 0.886. The molecule has 0 unspecified atom stereocenters. The highest BCUT2D eigenvalue weighted by atomic mass is 16.2. The van der Waals surface area contributed by atoms with Crippen LogP contribution in [0.4, 0.5) is 0 Å². The zero-order chi connectivity index (χ0) is 8.77. The predicted molar refractivity (Wildman–Crippen MR) is 43.5 cm³/mol.